The van der Waals surface area contributed by atoms with Crippen LogP contribution in [0.4, 0.5) is 0 Å². The number of likely N-dealkylation sites (tertiary alicyclic amines) is 1. The molecule has 4 heteroatoms. The van der Waals surface area contributed by atoms with E-state index >= 15 is 0 Å². The van der Waals surface area contributed by atoms with Gasteiger partial charge < -0.3 is 15.4 Å². The summed E-state index contributed by atoms with van der Waals surface area (Å²) in [5.41, 5.74) is 7.61. The number of nitrogens with zero attached hydrogens (tertiary/aromatic N) is 1. The van der Waals surface area contributed by atoms with Crippen molar-refractivity contribution in [3.63, 3.8) is 0 Å². The third-order valence-electron chi connectivity index (χ3n) is 3.40. The van der Waals surface area contributed by atoms with Gasteiger partial charge in [0.25, 0.3) is 5.91 Å². The maximum Gasteiger partial charge on any atom is 0.254 e. The van der Waals surface area contributed by atoms with E-state index in [4.69, 9.17) is 10.5 Å². The summed E-state index contributed by atoms with van der Waals surface area (Å²) in [6, 6.07) is 5.67. The smallest absolute Gasteiger partial charge is 0.254 e. The molecule has 4 nitrogen and oxygen atoms in total. The van der Waals surface area contributed by atoms with Gasteiger partial charge in [-0.25, -0.2) is 0 Å². The highest BCUT2D eigenvalue weighted by Gasteiger charge is 2.22. The Balaban J connectivity index is 2.17. The maximum atomic E-state index is 12.3. The van der Waals surface area contributed by atoms with Gasteiger partial charge in [0.05, 0.1) is 7.11 Å². The molecular formula is C14H20N2O2. The summed E-state index contributed by atoms with van der Waals surface area (Å²) in [7, 11) is 1.62. The maximum absolute atomic E-state index is 12.3. The SMILES string of the molecule is COc1cc(C(=O)N2CCCC(N)C2)ccc1C. The Morgan fingerprint density at radius 2 is 2.28 bits per heavy atom. The van der Waals surface area contributed by atoms with Crippen molar-refractivity contribution in [1.29, 1.82) is 0 Å². The minimum Gasteiger partial charge on any atom is -0.496 e. The van der Waals surface area contributed by atoms with Crippen LogP contribution in [0, 0.1) is 6.92 Å². The minimum absolute atomic E-state index is 0.0449. The molecular weight excluding hydrogens is 228 g/mol. The number of carbonyl (C=O) groups is 1. The number of benzene rings is 1. The summed E-state index contributed by atoms with van der Waals surface area (Å²) in [4.78, 5) is 14.2. The van der Waals surface area contributed by atoms with Gasteiger partial charge in [0.15, 0.2) is 0 Å². The van der Waals surface area contributed by atoms with E-state index in [9.17, 15) is 4.79 Å². The number of aryl methyl sites for hydroxylation is 1. The van der Waals surface area contributed by atoms with Gasteiger partial charge in [0, 0.05) is 24.7 Å². The predicted molar refractivity (Wildman–Crippen MR) is 70.8 cm³/mol. The van der Waals surface area contributed by atoms with E-state index in [0.29, 0.717) is 12.1 Å². The van der Waals surface area contributed by atoms with E-state index in [1.54, 1.807) is 13.2 Å². The first-order valence-electron chi connectivity index (χ1n) is 6.31. The van der Waals surface area contributed by atoms with E-state index in [0.717, 1.165) is 30.7 Å². The molecule has 18 heavy (non-hydrogen) atoms. The Morgan fingerprint density at radius 1 is 1.50 bits per heavy atom. The summed E-state index contributed by atoms with van der Waals surface area (Å²) < 4.78 is 5.25. The molecule has 1 unspecified atom stereocenters. The lowest BCUT2D eigenvalue weighted by Gasteiger charge is -2.30. The van der Waals surface area contributed by atoms with Gasteiger partial charge in [-0.3, -0.25) is 4.79 Å². The molecule has 1 saturated heterocycles. The second-order valence-corrected chi connectivity index (χ2v) is 4.84. The number of nitrogens with two attached hydrogens (primary N) is 1. The number of hydrogen-bond acceptors (Lipinski definition) is 3. The molecule has 0 bridgehead atoms. The normalized spacial score (nSPS) is 19.7. The average Bonchev–Trinajstić information content (AvgIpc) is 2.38. The number of hydrogen-bond donors (Lipinski definition) is 1. The van der Waals surface area contributed by atoms with Gasteiger partial charge in [0.1, 0.15) is 5.75 Å². The quantitative estimate of drug-likeness (QED) is 0.864. The molecule has 1 aliphatic rings. The Morgan fingerprint density at radius 3 is 2.94 bits per heavy atom. The van der Waals surface area contributed by atoms with Gasteiger partial charge in [-0.15, -0.1) is 0 Å². The molecule has 0 radical (unpaired) electrons. The van der Waals surface area contributed by atoms with E-state index in [2.05, 4.69) is 0 Å². The number of amides is 1. The largest absolute Gasteiger partial charge is 0.496 e. The molecule has 1 aliphatic heterocycles. The van der Waals surface area contributed by atoms with Crippen LogP contribution in [0.3, 0.4) is 0 Å². The lowest BCUT2D eigenvalue weighted by atomic mass is 10.0. The highest BCUT2D eigenvalue weighted by Crippen LogP contribution is 2.21. The van der Waals surface area contributed by atoms with Crippen LogP contribution in [0.25, 0.3) is 0 Å². The standard InChI is InChI=1S/C14H20N2O2/c1-10-5-6-11(8-13(10)18-2)14(17)16-7-3-4-12(15)9-16/h5-6,8,12H,3-4,7,9,15H2,1-2H3. The van der Waals surface area contributed by atoms with Crippen LogP contribution in [-0.4, -0.2) is 37.0 Å². The molecule has 0 saturated carbocycles. The summed E-state index contributed by atoms with van der Waals surface area (Å²) >= 11 is 0. The van der Waals surface area contributed by atoms with Crippen molar-refractivity contribution in [1.82, 2.24) is 4.90 Å². The second-order valence-electron chi connectivity index (χ2n) is 4.84. The summed E-state index contributed by atoms with van der Waals surface area (Å²) in [5.74, 6) is 0.797. The highest BCUT2D eigenvalue weighted by atomic mass is 16.5. The third-order valence-corrected chi connectivity index (χ3v) is 3.40. The number of piperidine rings is 1. The number of ether oxygens (including phenoxy) is 1. The Kier molecular flexibility index (Phi) is 3.87. The fraction of sp³-hybridized carbons (Fsp3) is 0.500. The summed E-state index contributed by atoms with van der Waals surface area (Å²) in [6.07, 6.45) is 1.98. The van der Waals surface area contributed by atoms with Crippen LogP contribution in [0.5, 0.6) is 5.75 Å². The monoisotopic (exact) mass is 248 g/mol. The molecule has 1 heterocycles. The van der Waals surface area contributed by atoms with Crippen molar-refractivity contribution in [2.24, 2.45) is 5.73 Å². The molecule has 98 valence electrons. The van der Waals surface area contributed by atoms with Crippen molar-refractivity contribution >= 4 is 5.91 Å². The first-order chi connectivity index (χ1) is 8.61. The number of rotatable bonds is 2. The Hall–Kier alpha value is -1.55. The lowest BCUT2D eigenvalue weighted by molar-refractivity contribution is 0.0708. The summed E-state index contributed by atoms with van der Waals surface area (Å²) in [6.45, 7) is 3.40. The van der Waals surface area contributed by atoms with E-state index in [-0.39, 0.29) is 11.9 Å². The first kappa shape index (κ1) is 12.9. The summed E-state index contributed by atoms with van der Waals surface area (Å²) in [5, 5.41) is 0. The van der Waals surface area contributed by atoms with E-state index in [1.807, 2.05) is 24.0 Å². The van der Waals surface area contributed by atoms with Gasteiger partial charge in [-0.1, -0.05) is 6.07 Å². The van der Waals surface area contributed by atoms with Gasteiger partial charge in [-0.05, 0) is 37.5 Å². The minimum atomic E-state index is 0.0449. The molecule has 1 aromatic rings. The molecule has 0 aliphatic carbocycles. The predicted octanol–water partition coefficient (Wildman–Crippen LogP) is 1.57. The molecule has 0 aromatic heterocycles. The lowest BCUT2D eigenvalue weighted by Crippen LogP contribution is -2.45. The molecule has 1 amide bonds. The zero-order chi connectivity index (χ0) is 13.1. The van der Waals surface area contributed by atoms with Crippen LogP contribution in [-0.2, 0) is 0 Å². The highest BCUT2D eigenvalue weighted by molar-refractivity contribution is 5.94. The van der Waals surface area contributed by atoms with Gasteiger partial charge in [-0.2, -0.15) is 0 Å². The number of methoxy groups -OCH3 is 1. The van der Waals surface area contributed by atoms with Crippen molar-refractivity contribution in [3.05, 3.63) is 29.3 Å². The van der Waals surface area contributed by atoms with Crippen molar-refractivity contribution in [2.75, 3.05) is 20.2 Å². The third kappa shape index (κ3) is 2.64. The number of carbonyl (C=O) groups excluding carboxylic acids is 1. The Labute approximate surface area is 108 Å². The molecule has 1 fully saturated rings. The Bertz CT molecular complexity index is 445. The fourth-order valence-corrected chi connectivity index (χ4v) is 2.33. The van der Waals surface area contributed by atoms with Crippen LogP contribution in [0.1, 0.15) is 28.8 Å². The zero-order valence-electron chi connectivity index (χ0n) is 11.0. The topological polar surface area (TPSA) is 55.6 Å². The molecule has 2 N–H and O–H groups in total. The van der Waals surface area contributed by atoms with E-state index < -0.39 is 0 Å². The van der Waals surface area contributed by atoms with Gasteiger partial charge in [0.2, 0.25) is 0 Å². The van der Waals surface area contributed by atoms with Crippen molar-refractivity contribution in [3.8, 4) is 5.75 Å². The van der Waals surface area contributed by atoms with Crippen LogP contribution >= 0.6 is 0 Å². The van der Waals surface area contributed by atoms with E-state index in [1.165, 1.54) is 0 Å². The van der Waals surface area contributed by atoms with Gasteiger partial charge >= 0.3 is 0 Å². The molecule has 2 rings (SSSR count). The fourth-order valence-electron chi connectivity index (χ4n) is 2.33. The zero-order valence-corrected chi connectivity index (χ0v) is 11.0. The van der Waals surface area contributed by atoms with Crippen LogP contribution in [0.15, 0.2) is 18.2 Å². The van der Waals surface area contributed by atoms with Crippen molar-refractivity contribution in [2.45, 2.75) is 25.8 Å². The first-order valence-corrected chi connectivity index (χ1v) is 6.31. The van der Waals surface area contributed by atoms with Crippen LogP contribution < -0.4 is 10.5 Å². The molecule has 1 aromatic carbocycles. The second kappa shape index (κ2) is 5.40. The van der Waals surface area contributed by atoms with Crippen molar-refractivity contribution < 1.29 is 9.53 Å². The average molecular weight is 248 g/mol. The molecule has 1 atom stereocenters. The van der Waals surface area contributed by atoms with Crippen LogP contribution in [0.2, 0.25) is 0 Å². The molecule has 0 spiro atoms.